The normalized spacial score (nSPS) is 15.1. The summed E-state index contributed by atoms with van der Waals surface area (Å²) in [4.78, 5) is 22.1. The second-order valence-corrected chi connectivity index (χ2v) is 8.32. The quantitative estimate of drug-likeness (QED) is 0.452. The van der Waals surface area contributed by atoms with Crippen LogP contribution in [0.5, 0.6) is 0 Å². The average molecular weight is 496 g/mol. The van der Waals surface area contributed by atoms with Gasteiger partial charge in [-0.05, 0) is 67.5 Å². The number of hydrogen-bond donors (Lipinski definition) is 1. The number of tetrazole rings is 1. The lowest BCUT2D eigenvalue weighted by atomic mass is 10.0. The van der Waals surface area contributed by atoms with E-state index in [1.54, 1.807) is 11.0 Å². The molecule has 1 fully saturated rings. The fourth-order valence-electron chi connectivity index (χ4n) is 4.07. The summed E-state index contributed by atoms with van der Waals surface area (Å²) in [6.45, 7) is 14.3. The third-order valence-electron chi connectivity index (χ3n) is 6.08. The van der Waals surface area contributed by atoms with Crippen LogP contribution in [-0.4, -0.2) is 80.2 Å². The second kappa shape index (κ2) is 13.1. The molecular weight excluding hydrogens is 458 g/mol. The molecule has 1 unspecified atom stereocenters. The molecule has 1 saturated heterocycles. The number of aryl methyl sites for hydroxylation is 2. The van der Waals surface area contributed by atoms with Gasteiger partial charge in [-0.3, -0.25) is 9.88 Å². The van der Waals surface area contributed by atoms with Gasteiger partial charge in [0.25, 0.3) is 0 Å². The molecule has 3 aromatic rings. The predicted molar refractivity (Wildman–Crippen MR) is 140 cm³/mol. The minimum absolute atomic E-state index is 0.184. The molecule has 1 amide bonds. The van der Waals surface area contributed by atoms with E-state index in [2.05, 4.69) is 39.1 Å². The summed E-state index contributed by atoms with van der Waals surface area (Å²) in [6.07, 6.45) is 1.84. The monoisotopic (exact) mass is 495 g/mol. The third-order valence-corrected chi connectivity index (χ3v) is 6.08. The van der Waals surface area contributed by atoms with Gasteiger partial charge in [0.1, 0.15) is 11.8 Å². The van der Waals surface area contributed by atoms with E-state index in [0.717, 1.165) is 55.0 Å². The number of amides is 1. The van der Waals surface area contributed by atoms with Gasteiger partial charge in [-0.25, -0.2) is 4.79 Å². The van der Waals surface area contributed by atoms with Gasteiger partial charge < -0.3 is 14.7 Å². The Bertz CT molecular complexity index is 1110. The van der Waals surface area contributed by atoms with E-state index in [9.17, 15) is 9.90 Å². The Morgan fingerprint density at radius 2 is 1.94 bits per heavy atom. The molecule has 1 aliphatic heterocycles. The first kappa shape index (κ1) is 27.2. The average Bonchev–Trinajstić information content (AvgIpc) is 3.54. The highest BCUT2D eigenvalue weighted by Gasteiger charge is 2.31. The van der Waals surface area contributed by atoms with Gasteiger partial charge in [0.05, 0.1) is 19.7 Å². The van der Waals surface area contributed by atoms with Gasteiger partial charge in [-0.1, -0.05) is 39.8 Å². The fourth-order valence-corrected chi connectivity index (χ4v) is 4.07. The summed E-state index contributed by atoms with van der Waals surface area (Å²) >= 11 is 0. The molecule has 2 aromatic heterocycles. The molecule has 1 atom stereocenters. The van der Waals surface area contributed by atoms with Gasteiger partial charge in [-0.2, -0.15) is 4.80 Å². The van der Waals surface area contributed by atoms with Crippen LogP contribution < -0.4 is 4.90 Å². The highest BCUT2D eigenvalue weighted by atomic mass is 16.6. The maximum absolute atomic E-state index is 12.1. The molecule has 36 heavy (non-hydrogen) atoms. The maximum atomic E-state index is 12.1. The lowest BCUT2D eigenvalue weighted by Gasteiger charge is -2.16. The van der Waals surface area contributed by atoms with Gasteiger partial charge in [0.15, 0.2) is 0 Å². The second-order valence-electron chi connectivity index (χ2n) is 8.32. The number of aliphatic hydroxyl groups excluding tert-OH is 1. The third kappa shape index (κ3) is 6.44. The molecular formula is C26H37N7O3. The number of carbonyl (C=O) groups is 1. The Morgan fingerprint density at radius 1 is 1.17 bits per heavy atom. The number of cyclic esters (lactones) is 1. The molecule has 0 spiro atoms. The summed E-state index contributed by atoms with van der Waals surface area (Å²) in [7, 11) is 0. The van der Waals surface area contributed by atoms with Crippen LogP contribution in [0.1, 0.15) is 39.7 Å². The number of anilines is 1. The van der Waals surface area contributed by atoms with Crippen molar-refractivity contribution in [1.82, 2.24) is 30.1 Å². The maximum Gasteiger partial charge on any atom is 0.414 e. The zero-order valence-corrected chi connectivity index (χ0v) is 21.9. The van der Waals surface area contributed by atoms with E-state index >= 15 is 0 Å². The van der Waals surface area contributed by atoms with Crippen molar-refractivity contribution in [3.63, 3.8) is 0 Å². The van der Waals surface area contributed by atoms with E-state index in [-0.39, 0.29) is 6.61 Å². The number of pyridine rings is 1. The van der Waals surface area contributed by atoms with Gasteiger partial charge in [0.2, 0.25) is 5.82 Å². The molecule has 1 N–H and O–H groups in total. The number of rotatable bonds is 10. The van der Waals surface area contributed by atoms with E-state index < -0.39 is 12.2 Å². The molecule has 0 saturated carbocycles. The molecule has 4 rings (SSSR count). The van der Waals surface area contributed by atoms with Crippen molar-refractivity contribution in [3.05, 3.63) is 42.1 Å². The molecule has 0 aliphatic carbocycles. The van der Waals surface area contributed by atoms with Crippen LogP contribution in [0.2, 0.25) is 0 Å². The van der Waals surface area contributed by atoms with Gasteiger partial charge in [0, 0.05) is 17.4 Å². The smallest absolute Gasteiger partial charge is 0.414 e. The number of aliphatic hydroxyl groups is 1. The lowest BCUT2D eigenvalue weighted by Crippen LogP contribution is -2.25. The minimum atomic E-state index is -0.488. The van der Waals surface area contributed by atoms with Crippen LogP contribution in [0.15, 0.2) is 36.5 Å². The van der Waals surface area contributed by atoms with E-state index in [1.807, 2.05) is 51.1 Å². The molecule has 0 radical (unpaired) electrons. The Balaban J connectivity index is 0.00000176. The Morgan fingerprint density at radius 3 is 2.56 bits per heavy atom. The Kier molecular flexibility index (Phi) is 9.89. The number of aromatic nitrogens is 5. The van der Waals surface area contributed by atoms with E-state index in [1.165, 1.54) is 4.90 Å². The first-order valence-electron chi connectivity index (χ1n) is 12.7. The highest BCUT2D eigenvalue weighted by molar-refractivity contribution is 5.90. The first-order valence-corrected chi connectivity index (χ1v) is 12.7. The largest absolute Gasteiger partial charge is 0.441 e. The molecule has 1 aromatic carbocycles. The molecule has 194 valence electrons. The van der Waals surface area contributed by atoms with Gasteiger partial charge >= 0.3 is 6.09 Å². The zero-order valence-electron chi connectivity index (χ0n) is 21.9. The molecule has 10 nitrogen and oxygen atoms in total. The predicted octanol–water partition coefficient (Wildman–Crippen LogP) is 3.79. The van der Waals surface area contributed by atoms with Crippen LogP contribution in [0, 0.1) is 6.92 Å². The van der Waals surface area contributed by atoms with E-state index in [0.29, 0.717) is 18.1 Å². The van der Waals surface area contributed by atoms with Crippen molar-refractivity contribution >= 4 is 11.8 Å². The highest BCUT2D eigenvalue weighted by Crippen LogP contribution is 2.30. The molecule has 1 aliphatic rings. The van der Waals surface area contributed by atoms with Crippen LogP contribution in [0.4, 0.5) is 10.5 Å². The topological polar surface area (TPSA) is 110 Å². The summed E-state index contributed by atoms with van der Waals surface area (Å²) in [5, 5.41) is 22.0. The van der Waals surface area contributed by atoms with Crippen molar-refractivity contribution < 1.29 is 14.6 Å². The van der Waals surface area contributed by atoms with Crippen molar-refractivity contribution in [2.75, 3.05) is 37.7 Å². The molecule has 10 heteroatoms. The standard InChI is InChI=1S/C24H31N7O3.C2H6/c1-4-29(5-2)11-6-12-31-27-23(26-28-31)22-10-7-18(14-25-22)21-9-8-19(13-17(21)3)30-15-20(16-32)34-24(30)33;1-2/h7-10,13-14,20,32H,4-6,11-12,15-16H2,1-3H3;1-2H3. The van der Waals surface area contributed by atoms with Crippen molar-refractivity contribution in [1.29, 1.82) is 0 Å². The Hall–Kier alpha value is -3.37. The zero-order chi connectivity index (χ0) is 26.1. The first-order chi connectivity index (χ1) is 17.5. The van der Waals surface area contributed by atoms with Crippen LogP contribution in [0.25, 0.3) is 22.6 Å². The van der Waals surface area contributed by atoms with Crippen molar-refractivity contribution in [2.45, 2.75) is 53.7 Å². The van der Waals surface area contributed by atoms with Crippen molar-refractivity contribution in [3.8, 4) is 22.6 Å². The van der Waals surface area contributed by atoms with E-state index in [4.69, 9.17) is 4.74 Å². The SMILES string of the molecule is CC.CCN(CC)CCCn1nnc(-c2ccc(-c3ccc(N4CC(CO)OC4=O)cc3C)cn2)n1. The summed E-state index contributed by atoms with van der Waals surface area (Å²) in [6, 6.07) is 9.66. The van der Waals surface area contributed by atoms with Crippen molar-refractivity contribution in [2.24, 2.45) is 0 Å². The minimum Gasteiger partial charge on any atom is -0.441 e. The number of benzene rings is 1. The number of ether oxygens (including phenoxy) is 1. The number of hydrogen-bond acceptors (Lipinski definition) is 8. The number of nitrogens with zero attached hydrogens (tertiary/aromatic N) is 7. The Labute approximate surface area is 212 Å². The summed E-state index contributed by atoms with van der Waals surface area (Å²) < 4.78 is 5.14. The molecule has 0 bridgehead atoms. The summed E-state index contributed by atoms with van der Waals surface area (Å²) in [5.41, 5.74) is 4.39. The summed E-state index contributed by atoms with van der Waals surface area (Å²) in [5.74, 6) is 0.507. The van der Waals surface area contributed by atoms with Crippen LogP contribution >= 0.6 is 0 Å². The fraction of sp³-hybridized carbons (Fsp3) is 0.500. The van der Waals surface area contributed by atoms with Gasteiger partial charge in [-0.15, -0.1) is 10.2 Å². The number of carbonyl (C=O) groups excluding carboxylic acids is 1. The lowest BCUT2D eigenvalue weighted by molar-refractivity contribution is 0.0963. The molecule has 3 heterocycles. The van der Waals surface area contributed by atoms with Crippen LogP contribution in [-0.2, 0) is 11.3 Å². The van der Waals surface area contributed by atoms with Crippen LogP contribution in [0.3, 0.4) is 0 Å².